The highest BCUT2D eigenvalue weighted by Gasteiger charge is 2.46. The number of hydrogen-bond donors (Lipinski definition) is 2. The molecule has 1 unspecified atom stereocenters. The SMILES string of the molecule is Cn1ccc(NC(=O)C2(C)Sc3ccccc3NC2=O)n1. The third kappa shape index (κ3) is 2.40. The number of amides is 2. The Morgan fingerprint density at radius 3 is 2.86 bits per heavy atom. The Morgan fingerprint density at radius 1 is 1.38 bits per heavy atom. The molecule has 21 heavy (non-hydrogen) atoms. The molecule has 0 saturated carbocycles. The first-order valence-corrected chi connectivity index (χ1v) is 7.21. The van der Waals surface area contributed by atoms with Crippen LogP contribution in [0.2, 0.25) is 0 Å². The van der Waals surface area contributed by atoms with Gasteiger partial charge in [-0.15, -0.1) is 0 Å². The van der Waals surface area contributed by atoms with E-state index in [1.54, 1.807) is 30.9 Å². The minimum absolute atomic E-state index is 0.334. The molecule has 2 heterocycles. The molecule has 3 rings (SSSR count). The lowest BCUT2D eigenvalue weighted by Crippen LogP contribution is -2.49. The van der Waals surface area contributed by atoms with Crippen LogP contribution in [0.5, 0.6) is 0 Å². The van der Waals surface area contributed by atoms with Crippen molar-refractivity contribution in [3.8, 4) is 0 Å². The highest BCUT2D eigenvalue weighted by atomic mass is 32.2. The Balaban J connectivity index is 1.86. The lowest BCUT2D eigenvalue weighted by Gasteiger charge is -2.31. The van der Waals surface area contributed by atoms with Gasteiger partial charge in [-0.2, -0.15) is 5.10 Å². The third-order valence-electron chi connectivity index (χ3n) is 3.27. The van der Waals surface area contributed by atoms with Gasteiger partial charge in [0, 0.05) is 24.2 Å². The standard InChI is InChI=1S/C14H14N4O2S/c1-14(13(20)16-11-7-8-18(2)17-11)12(19)15-9-5-3-4-6-10(9)21-14/h3-8H,1-2H3,(H,15,19)(H,16,17,20). The van der Waals surface area contributed by atoms with Crippen molar-refractivity contribution in [1.82, 2.24) is 9.78 Å². The molecule has 2 N–H and O–H groups in total. The predicted molar refractivity (Wildman–Crippen MR) is 81.2 cm³/mol. The van der Waals surface area contributed by atoms with Crippen molar-refractivity contribution in [1.29, 1.82) is 0 Å². The van der Waals surface area contributed by atoms with E-state index in [0.29, 0.717) is 5.82 Å². The summed E-state index contributed by atoms with van der Waals surface area (Å²) in [6, 6.07) is 9.10. The number of rotatable bonds is 2. The number of aromatic nitrogens is 2. The van der Waals surface area contributed by atoms with Gasteiger partial charge in [0.25, 0.3) is 5.91 Å². The summed E-state index contributed by atoms with van der Waals surface area (Å²) in [5.74, 6) is -0.297. The molecule has 2 aromatic rings. The number of hydrogen-bond acceptors (Lipinski definition) is 4. The van der Waals surface area contributed by atoms with Gasteiger partial charge in [-0.3, -0.25) is 14.3 Å². The van der Waals surface area contributed by atoms with E-state index in [-0.39, 0.29) is 5.91 Å². The molecule has 1 aromatic heterocycles. The number of anilines is 2. The number of carbonyl (C=O) groups excluding carboxylic acids is 2. The Bertz CT molecular complexity index is 727. The van der Waals surface area contributed by atoms with Gasteiger partial charge in [-0.25, -0.2) is 0 Å². The molecular weight excluding hydrogens is 288 g/mol. The summed E-state index contributed by atoms with van der Waals surface area (Å²) in [7, 11) is 1.76. The van der Waals surface area contributed by atoms with Crippen molar-refractivity contribution in [2.24, 2.45) is 7.05 Å². The van der Waals surface area contributed by atoms with E-state index >= 15 is 0 Å². The molecule has 2 amide bonds. The van der Waals surface area contributed by atoms with Crippen LogP contribution < -0.4 is 10.6 Å². The number of benzene rings is 1. The lowest BCUT2D eigenvalue weighted by molar-refractivity contribution is -0.126. The Labute approximate surface area is 125 Å². The first kappa shape index (κ1) is 13.7. The van der Waals surface area contributed by atoms with Gasteiger partial charge < -0.3 is 10.6 Å². The fourth-order valence-electron chi connectivity index (χ4n) is 2.03. The first-order valence-electron chi connectivity index (χ1n) is 6.39. The number of carbonyl (C=O) groups is 2. The molecular formula is C14H14N4O2S. The molecule has 7 heteroatoms. The fourth-order valence-corrected chi connectivity index (χ4v) is 3.14. The molecule has 0 radical (unpaired) electrons. The molecule has 1 aliphatic heterocycles. The van der Waals surface area contributed by atoms with E-state index in [2.05, 4.69) is 15.7 Å². The van der Waals surface area contributed by atoms with Crippen LogP contribution in [0.4, 0.5) is 11.5 Å². The number of nitrogens with one attached hydrogen (secondary N) is 2. The zero-order valence-corrected chi connectivity index (χ0v) is 12.4. The summed E-state index contributed by atoms with van der Waals surface area (Å²) in [4.78, 5) is 25.6. The molecule has 1 aliphatic rings. The molecule has 0 saturated heterocycles. The Hall–Kier alpha value is -2.28. The topological polar surface area (TPSA) is 76.0 Å². The number of para-hydroxylation sites is 1. The third-order valence-corrected chi connectivity index (χ3v) is 4.63. The van der Waals surface area contributed by atoms with E-state index in [0.717, 1.165) is 10.6 Å². The number of nitrogens with zero attached hydrogens (tertiary/aromatic N) is 2. The van der Waals surface area contributed by atoms with Crippen molar-refractivity contribution < 1.29 is 9.59 Å². The maximum absolute atomic E-state index is 12.5. The van der Waals surface area contributed by atoms with Crippen LogP contribution in [0.3, 0.4) is 0 Å². The monoisotopic (exact) mass is 302 g/mol. The second-order valence-corrected chi connectivity index (χ2v) is 6.37. The Kier molecular flexibility index (Phi) is 3.21. The van der Waals surface area contributed by atoms with E-state index in [4.69, 9.17) is 0 Å². The molecule has 0 bridgehead atoms. The van der Waals surface area contributed by atoms with Crippen LogP contribution >= 0.6 is 11.8 Å². The van der Waals surface area contributed by atoms with Crippen molar-refractivity contribution in [3.05, 3.63) is 36.5 Å². The van der Waals surface area contributed by atoms with Gasteiger partial charge in [0.05, 0.1) is 5.69 Å². The van der Waals surface area contributed by atoms with E-state index in [1.165, 1.54) is 11.8 Å². The van der Waals surface area contributed by atoms with Gasteiger partial charge >= 0.3 is 0 Å². The molecule has 1 atom stereocenters. The van der Waals surface area contributed by atoms with Crippen molar-refractivity contribution in [2.45, 2.75) is 16.6 Å². The predicted octanol–water partition coefficient (Wildman–Crippen LogP) is 1.86. The molecule has 0 fully saturated rings. The molecule has 1 aromatic carbocycles. The van der Waals surface area contributed by atoms with Gasteiger partial charge in [0.2, 0.25) is 5.91 Å². The van der Waals surface area contributed by atoms with Gasteiger partial charge in [-0.05, 0) is 19.1 Å². The summed E-state index contributed by atoms with van der Waals surface area (Å²) < 4.78 is 0.354. The van der Waals surface area contributed by atoms with Crippen LogP contribution in [-0.4, -0.2) is 26.3 Å². The van der Waals surface area contributed by atoms with Crippen LogP contribution in [0, 0.1) is 0 Å². The van der Waals surface area contributed by atoms with Crippen LogP contribution in [0.15, 0.2) is 41.4 Å². The Morgan fingerprint density at radius 2 is 2.14 bits per heavy atom. The van der Waals surface area contributed by atoms with Crippen molar-refractivity contribution >= 4 is 35.1 Å². The quantitative estimate of drug-likeness (QED) is 0.830. The average Bonchev–Trinajstić information content (AvgIpc) is 2.85. The largest absolute Gasteiger partial charge is 0.323 e. The maximum atomic E-state index is 12.5. The van der Waals surface area contributed by atoms with Crippen LogP contribution in [0.25, 0.3) is 0 Å². The summed E-state index contributed by atoms with van der Waals surface area (Å²) in [5, 5.41) is 9.55. The molecule has 0 spiro atoms. The number of fused-ring (bicyclic) bond motifs is 1. The molecule has 6 nitrogen and oxygen atoms in total. The van der Waals surface area contributed by atoms with E-state index in [9.17, 15) is 9.59 Å². The maximum Gasteiger partial charge on any atom is 0.251 e. The fraction of sp³-hybridized carbons (Fsp3) is 0.214. The first-order chi connectivity index (χ1) is 9.99. The molecule has 0 aliphatic carbocycles. The summed E-state index contributed by atoms with van der Waals surface area (Å²) in [6.07, 6.45) is 1.72. The van der Waals surface area contributed by atoms with Crippen molar-refractivity contribution in [2.75, 3.05) is 10.6 Å². The number of aryl methyl sites for hydroxylation is 1. The van der Waals surface area contributed by atoms with Crippen LogP contribution in [0.1, 0.15) is 6.92 Å². The lowest BCUT2D eigenvalue weighted by atomic mass is 10.1. The van der Waals surface area contributed by atoms with E-state index in [1.807, 2.05) is 24.3 Å². The normalized spacial score (nSPS) is 20.6. The van der Waals surface area contributed by atoms with Gasteiger partial charge in [0.1, 0.15) is 0 Å². The van der Waals surface area contributed by atoms with Crippen molar-refractivity contribution in [3.63, 3.8) is 0 Å². The number of thioether (sulfide) groups is 1. The summed E-state index contributed by atoms with van der Waals surface area (Å²) >= 11 is 1.24. The minimum atomic E-state index is -1.23. The average molecular weight is 302 g/mol. The summed E-state index contributed by atoms with van der Waals surface area (Å²) in [6.45, 7) is 1.61. The van der Waals surface area contributed by atoms with Crippen LogP contribution in [-0.2, 0) is 16.6 Å². The highest BCUT2D eigenvalue weighted by Crippen LogP contribution is 2.42. The van der Waals surface area contributed by atoms with E-state index < -0.39 is 10.7 Å². The minimum Gasteiger partial charge on any atom is -0.323 e. The zero-order valence-electron chi connectivity index (χ0n) is 11.6. The summed E-state index contributed by atoms with van der Waals surface area (Å²) in [5.41, 5.74) is 0.732. The second kappa shape index (κ2) is 4.92. The zero-order chi connectivity index (χ0) is 15.0. The second-order valence-electron chi connectivity index (χ2n) is 4.91. The smallest absolute Gasteiger partial charge is 0.251 e. The highest BCUT2D eigenvalue weighted by molar-refractivity contribution is 8.02. The molecule has 108 valence electrons. The van der Waals surface area contributed by atoms with Gasteiger partial charge in [0.15, 0.2) is 10.6 Å². The van der Waals surface area contributed by atoms with Gasteiger partial charge in [-0.1, -0.05) is 23.9 Å².